The topological polar surface area (TPSA) is 117 Å². The maximum absolute atomic E-state index is 12.6. The summed E-state index contributed by atoms with van der Waals surface area (Å²) in [5.74, 6) is -0.166. The van der Waals surface area contributed by atoms with E-state index in [4.69, 9.17) is 0 Å². The van der Waals surface area contributed by atoms with Crippen molar-refractivity contribution >= 4 is 28.2 Å². The first kappa shape index (κ1) is 17.7. The highest BCUT2D eigenvalue weighted by molar-refractivity contribution is 5.97. The molecule has 0 aliphatic carbocycles. The number of nitrogens with zero attached hydrogens (tertiary/aromatic N) is 5. The van der Waals surface area contributed by atoms with Gasteiger partial charge in [-0.1, -0.05) is 18.2 Å². The van der Waals surface area contributed by atoms with Crippen LogP contribution < -0.4 is 10.5 Å². The quantitative estimate of drug-likeness (QED) is 0.536. The number of nitrogens with one attached hydrogen (secondary N) is 1. The van der Waals surface area contributed by atoms with E-state index in [1.54, 1.807) is 35.2 Å². The number of anilines is 1. The molecule has 1 aliphatic heterocycles. The van der Waals surface area contributed by atoms with E-state index in [9.17, 15) is 19.7 Å². The molecular formula is C18H18N6O4. The molecule has 0 spiro atoms. The SMILES string of the molecule is Cn1c(=O)c([N+](=O)[O-])c(N2CCN(C(=O)c3ccn[nH]3)CC2)c2ccccc21. The maximum atomic E-state index is 12.6. The Hall–Kier alpha value is -3.69. The van der Waals surface area contributed by atoms with Gasteiger partial charge in [0, 0.05) is 44.8 Å². The standard InChI is InChI=1S/C18H18N6O4/c1-21-14-5-3-2-4-12(14)15(16(18(21)26)24(27)28)22-8-10-23(11-9-22)17(25)13-6-7-19-20-13/h2-7H,8-11H2,1H3,(H,19,20). The third-order valence-electron chi connectivity index (χ3n) is 5.05. The molecule has 1 N–H and O–H groups in total. The summed E-state index contributed by atoms with van der Waals surface area (Å²) in [6.07, 6.45) is 1.51. The van der Waals surface area contributed by atoms with Gasteiger partial charge in [-0.15, -0.1) is 0 Å². The Labute approximate surface area is 159 Å². The second-order valence-corrected chi connectivity index (χ2v) is 6.59. The first-order chi connectivity index (χ1) is 13.5. The fraction of sp³-hybridized carbons (Fsp3) is 0.278. The molecule has 1 amide bonds. The monoisotopic (exact) mass is 382 g/mol. The summed E-state index contributed by atoms with van der Waals surface area (Å²) in [6, 6.07) is 8.73. The first-order valence-electron chi connectivity index (χ1n) is 8.78. The lowest BCUT2D eigenvalue weighted by Crippen LogP contribution is -2.49. The summed E-state index contributed by atoms with van der Waals surface area (Å²) in [5.41, 5.74) is 0.268. The third kappa shape index (κ3) is 2.79. The molecule has 0 radical (unpaired) electrons. The summed E-state index contributed by atoms with van der Waals surface area (Å²) < 4.78 is 1.30. The number of rotatable bonds is 3. The number of hydrogen-bond acceptors (Lipinski definition) is 6. The summed E-state index contributed by atoms with van der Waals surface area (Å²) in [6.45, 7) is 1.55. The van der Waals surface area contributed by atoms with Gasteiger partial charge in [-0.25, -0.2) is 0 Å². The van der Waals surface area contributed by atoms with Crippen LogP contribution in [0.25, 0.3) is 10.9 Å². The molecule has 3 heterocycles. The Balaban J connectivity index is 1.71. The number of para-hydroxylation sites is 1. The van der Waals surface area contributed by atoms with E-state index in [0.717, 1.165) is 0 Å². The maximum Gasteiger partial charge on any atom is 0.357 e. The number of carbonyl (C=O) groups is 1. The molecule has 10 nitrogen and oxygen atoms in total. The predicted molar refractivity (Wildman–Crippen MR) is 103 cm³/mol. The number of amides is 1. The van der Waals surface area contributed by atoms with Gasteiger partial charge in [0.15, 0.2) is 0 Å². The summed E-state index contributed by atoms with van der Waals surface area (Å²) in [5, 5.41) is 18.8. The van der Waals surface area contributed by atoms with Gasteiger partial charge < -0.3 is 14.4 Å². The molecule has 0 atom stereocenters. The van der Waals surface area contributed by atoms with Crippen LogP contribution in [0.5, 0.6) is 0 Å². The van der Waals surface area contributed by atoms with Gasteiger partial charge in [-0.2, -0.15) is 5.10 Å². The van der Waals surface area contributed by atoms with Crippen LogP contribution in [0.3, 0.4) is 0 Å². The average molecular weight is 382 g/mol. The molecule has 0 saturated carbocycles. The number of nitro groups is 1. The van der Waals surface area contributed by atoms with Gasteiger partial charge in [-0.05, 0) is 12.1 Å². The fourth-order valence-corrected chi connectivity index (χ4v) is 3.63. The van der Waals surface area contributed by atoms with Crippen molar-refractivity contribution in [3.63, 3.8) is 0 Å². The summed E-state index contributed by atoms with van der Waals surface area (Å²) in [7, 11) is 1.53. The van der Waals surface area contributed by atoms with Gasteiger partial charge in [0.1, 0.15) is 11.4 Å². The van der Waals surface area contributed by atoms with Gasteiger partial charge in [0.25, 0.3) is 5.91 Å². The number of fused-ring (bicyclic) bond motifs is 1. The van der Waals surface area contributed by atoms with Crippen LogP contribution in [-0.4, -0.2) is 56.7 Å². The number of aromatic nitrogens is 3. The van der Waals surface area contributed by atoms with Crippen LogP contribution in [0.4, 0.5) is 11.4 Å². The number of benzene rings is 1. The minimum Gasteiger partial charge on any atom is -0.362 e. The lowest BCUT2D eigenvalue weighted by Gasteiger charge is -2.36. The van der Waals surface area contributed by atoms with E-state index in [0.29, 0.717) is 48.5 Å². The molecular weight excluding hydrogens is 364 g/mol. The van der Waals surface area contributed by atoms with Crippen molar-refractivity contribution in [3.8, 4) is 0 Å². The minimum absolute atomic E-state index is 0.166. The normalized spacial score (nSPS) is 14.5. The Morgan fingerprint density at radius 3 is 2.54 bits per heavy atom. The Kier molecular flexibility index (Phi) is 4.30. The van der Waals surface area contributed by atoms with Gasteiger partial charge in [-0.3, -0.25) is 24.8 Å². The Morgan fingerprint density at radius 1 is 1.18 bits per heavy atom. The van der Waals surface area contributed by atoms with Crippen LogP contribution >= 0.6 is 0 Å². The third-order valence-corrected chi connectivity index (χ3v) is 5.05. The zero-order chi connectivity index (χ0) is 19.8. The van der Waals surface area contributed by atoms with Gasteiger partial charge in [0.2, 0.25) is 0 Å². The van der Waals surface area contributed by atoms with E-state index in [1.165, 1.54) is 17.8 Å². The molecule has 1 fully saturated rings. The Morgan fingerprint density at radius 2 is 1.89 bits per heavy atom. The number of pyridine rings is 1. The summed E-state index contributed by atoms with van der Waals surface area (Å²) in [4.78, 5) is 39.7. The molecule has 1 aromatic carbocycles. The average Bonchev–Trinajstić information content (AvgIpc) is 3.25. The van der Waals surface area contributed by atoms with E-state index in [-0.39, 0.29) is 5.91 Å². The van der Waals surface area contributed by atoms with E-state index >= 15 is 0 Å². The van der Waals surface area contributed by atoms with Crippen molar-refractivity contribution < 1.29 is 9.72 Å². The molecule has 1 saturated heterocycles. The molecule has 10 heteroatoms. The van der Waals surface area contributed by atoms with Crippen molar-refractivity contribution in [3.05, 3.63) is 62.7 Å². The van der Waals surface area contributed by atoms with Crippen LogP contribution in [0.15, 0.2) is 41.3 Å². The number of carbonyl (C=O) groups excluding carboxylic acids is 1. The molecule has 0 bridgehead atoms. The highest BCUT2D eigenvalue weighted by Gasteiger charge is 2.31. The highest BCUT2D eigenvalue weighted by atomic mass is 16.6. The zero-order valence-electron chi connectivity index (χ0n) is 15.2. The number of H-pyrrole nitrogens is 1. The lowest BCUT2D eigenvalue weighted by molar-refractivity contribution is -0.385. The van der Waals surface area contributed by atoms with Crippen LogP contribution in [0.2, 0.25) is 0 Å². The smallest absolute Gasteiger partial charge is 0.357 e. The van der Waals surface area contributed by atoms with E-state index in [2.05, 4.69) is 10.2 Å². The van der Waals surface area contributed by atoms with Crippen molar-refractivity contribution in [2.45, 2.75) is 0 Å². The van der Waals surface area contributed by atoms with E-state index < -0.39 is 16.2 Å². The molecule has 28 heavy (non-hydrogen) atoms. The second-order valence-electron chi connectivity index (χ2n) is 6.59. The largest absolute Gasteiger partial charge is 0.362 e. The van der Waals surface area contributed by atoms with Crippen molar-refractivity contribution in [2.75, 3.05) is 31.1 Å². The summed E-state index contributed by atoms with van der Waals surface area (Å²) >= 11 is 0. The lowest BCUT2D eigenvalue weighted by atomic mass is 10.1. The molecule has 0 unspecified atom stereocenters. The van der Waals surface area contributed by atoms with Crippen molar-refractivity contribution in [2.24, 2.45) is 7.05 Å². The zero-order valence-corrected chi connectivity index (χ0v) is 15.2. The number of aryl methyl sites for hydroxylation is 1. The first-order valence-corrected chi connectivity index (χ1v) is 8.78. The number of piperazine rings is 1. The predicted octanol–water partition coefficient (Wildman–Crippen LogP) is 1.13. The molecule has 2 aromatic heterocycles. The second kappa shape index (κ2) is 6.80. The van der Waals surface area contributed by atoms with Crippen LogP contribution in [0.1, 0.15) is 10.5 Å². The van der Waals surface area contributed by atoms with Crippen LogP contribution in [0, 0.1) is 10.1 Å². The van der Waals surface area contributed by atoms with Gasteiger partial charge >= 0.3 is 11.2 Å². The minimum atomic E-state index is -0.644. The fourth-order valence-electron chi connectivity index (χ4n) is 3.63. The molecule has 144 valence electrons. The van der Waals surface area contributed by atoms with Crippen LogP contribution in [-0.2, 0) is 7.05 Å². The van der Waals surface area contributed by atoms with E-state index in [1.807, 2.05) is 4.90 Å². The molecule has 4 rings (SSSR count). The van der Waals surface area contributed by atoms with Gasteiger partial charge in [0.05, 0.1) is 10.4 Å². The van der Waals surface area contributed by atoms with Crippen molar-refractivity contribution in [1.82, 2.24) is 19.7 Å². The number of aromatic amines is 1. The highest BCUT2D eigenvalue weighted by Crippen LogP contribution is 2.33. The number of hydrogen-bond donors (Lipinski definition) is 1. The molecule has 1 aliphatic rings. The Bertz CT molecular complexity index is 1110. The molecule has 3 aromatic rings. The van der Waals surface area contributed by atoms with Crippen molar-refractivity contribution in [1.29, 1.82) is 0 Å².